The van der Waals surface area contributed by atoms with Crippen LogP contribution in [-0.4, -0.2) is 65.9 Å². The summed E-state index contributed by atoms with van der Waals surface area (Å²) in [5.41, 5.74) is 0. The number of nitrogens with zero attached hydrogens (tertiary/aromatic N) is 1. The molecular weight excluding hydrogens is 314 g/mol. The van der Waals surface area contributed by atoms with Crippen LogP contribution in [0.15, 0.2) is 0 Å². The van der Waals surface area contributed by atoms with Crippen molar-refractivity contribution in [3.63, 3.8) is 0 Å². The van der Waals surface area contributed by atoms with E-state index >= 15 is 0 Å². The molecule has 8 heteroatoms. The number of carboxylic acid groups (broad SMARTS) is 1. The molecule has 6 nitrogen and oxygen atoms in total. The largest absolute Gasteiger partial charge is 0.481 e. The molecule has 0 spiro atoms. The number of aliphatic carboxylic acids is 1. The van der Waals surface area contributed by atoms with Crippen LogP contribution in [-0.2, 0) is 19.4 Å². The van der Waals surface area contributed by atoms with Gasteiger partial charge in [0.15, 0.2) is 9.84 Å². The van der Waals surface area contributed by atoms with Crippen molar-refractivity contribution in [1.82, 2.24) is 4.90 Å². The van der Waals surface area contributed by atoms with Crippen molar-refractivity contribution in [3.05, 3.63) is 0 Å². The van der Waals surface area contributed by atoms with Crippen LogP contribution in [0.2, 0.25) is 0 Å². The Morgan fingerprint density at radius 3 is 2.52 bits per heavy atom. The van der Waals surface area contributed by atoms with Gasteiger partial charge in [0.2, 0.25) is 5.91 Å². The molecule has 0 aromatic carbocycles. The van der Waals surface area contributed by atoms with E-state index in [-0.39, 0.29) is 47.3 Å². The van der Waals surface area contributed by atoms with Crippen LogP contribution in [0, 0.1) is 5.92 Å². The molecule has 122 valence electrons. The molecule has 1 amide bonds. The van der Waals surface area contributed by atoms with E-state index in [2.05, 4.69) is 0 Å². The molecule has 1 heterocycles. The smallest absolute Gasteiger partial charge is 0.305 e. The number of thioether (sulfide) groups is 1. The number of carbonyl (C=O) groups is 2. The van der Waals surface area contributed by atoms with Crippen LogP contribution in [0.4, 0.5) is 0 Å². The second-order valence-electron chi connectivity index (χ2n) is 5.71. The van der Waals surface area contributed by atoms with E-state index in [9.17, 15) is 18.0 Å². The van der Waals surface area contributed by atoms with E-state index in [1.54, 1.807) is 4.90 Å². The van der Waals surface area contributed by atoms with Gasteiger partial charge in [-0.05, 0) is 12.3 Å². The first-order valence-electron chi connectivity index (χ1n) is 7.01. The lowest BCUT2D eigenvalue weighted by Gasteiger charge is -2.24. The van der Waals surface area contributed by atoms with Gasteiger partial charge in [-0.15, -0.1) is 11.8 Å². The molecular formula is C13H23NO5S2. The Balaban J connectivity index is 2.46. The highest BCUT2D eigenvalue weighted by Gasteiger charge is 2.29. The monoisotopic (exact) mass is 337 g/mol. The lowest BCUT2D eigenvalue weighted by atomic mass is 10.2. The van der Waals surface area contributed by atoms with E-state index < -0.39 is 15.8 Å². The number of sulfone groups is 1. The van der Waals surface area contributed by atoms with Gasteiger partial charge < -0.3 is 10.0 Å². The highest BCUT2D eigenvalue weighted by Crippen LogP contribution is 2.24. The van der Waals surface area contributed by atoms with Crippen LogP contribution in [0.1, 0.15) is 26.7 Å². The summed E-state index contributed by atoms with van der Waals surface area (Å²) in [4.78, 5) is 24.4. The molecule has 1 rings (SSSR count). The van der Waals surface area contributed by atoms with Crippen LogP contribution >= 0.6 is 11.8 Å². The molecule has 0 aliphatic carbocycles. The van der Waals surface area contributed by atoms with Crippen LogP contribution in [0.25, 0.3) is 0 Å². The lowest BCUT2D eigenvalue weighted by molar-refractivity contribution is -0.138. The van der Waals surface area contributed by atoms with Crippen molar-refractivity contribution in [3.8, 4) is 0 Å². The number of hydrogen-bond donors (Lipinski definition) is 1. The summed E-state index contributed by atoms with van der Waals surface area (Å²) in [6.45, 7) is 4.67. The van der Waals surface area contributed by atoms with E-state index in [1.165, 1.54) is 11.8 Å². The zero-order valence-corrected chi connectivity index (χ0v) is 14.1. The number of rotatable bonds is 8. The fourth-order valence-corrected chi connectivity index (χ4v) is 5.71. The standard InChI is InChI=1S/C13H23NO5S2/c1-10(2)7-14(5-3-13(16)17)12(15)8-20-11-4-6-21(18,19)9-11/h10-11H,3-9H2,1-2H3,(H,16,17). The SMILES string of the molecule is CC(C)CN(CCC(=O)O)C(=O)CSC1CCS(=O)(=O)C1. The normalized spacial score (nSPS) is 20.6. The number of hydrogen-bond acceptors (Lipinski definition) is 5. The van der Waals surface area contributed by atoms with Gasteiger partial charge >= 0.3 is 5.97 Å². The minimum Gasteiger partial charge on any atom is -0.481 e. The molecule has 1 atom stereocenters. The van der Waals surface area contributed by atoms with Crippen molar-refractivity contribution in [1.29, 1.82) is 0 Å². The average Bonchev–Trinajstić information content (AvgIpc) is 2.70. The van der Waals surface area contributed by atoms with Crippen LogP contribution in [0.5, 0.6) is 0 Å². The van der Waals surface area contributed by atoms with Crippen LogP contribution in [0.3, 0.4) is 0 Å². The topological polar surface area (TPSA) is 91.8 Å². The minimum absolute atomic E-state index is 0.0145. The maximum atomic E-state index is 12.2. The Hall–Kier alpha value is -0.760. The first kappa shape index (κ1) is 18.3. The molecule has 21 heavy (non-hydrogen) atoms. The quantitative estimate of drug-likeness (QED) is 0.706. The fourth-order valence-electron chi connectivity index (χ4n) is 2.16. The van der Waals surface area contributed by atoms with E-state index in [0.29, 0.717) is 13.0 Å². The predicted octanol–water partition coefficient (Wildman–Crippen LogP) is 0.866. The van der Waals surface area contributed by atoms with Crippen molar-refractivity contribution in [2.45, 2.75) is 31.9 Å². The second-order valence-corrected chi connectivity index (χ2v) is 9.23. The summed E-state index contributed by atoms with van der Waals surface area (Å²) in [6, 6.07) is 0. The summed E-state index contributed by atoms with van der Waals surface area (Å²) in [7, 11) is -2.93. The Labute approximate surface area is 130 Å². The zero-order chi connectivity index (χ0) is 16.0. The van der Waals surface area contributed by atoms with Crippen LogP contribution < -0.4 is 0 Å². The molecule has 1 unspecified atom stereocenters. The summed E-state index contributed by atoms with van der Waals surface area (Å²) < 4.78 is 22.7. The first-order chi connectivity index (χ1) is 9.69. The van der Waals surface area contributed by atoms with Gasteiger partial charge in [0, 0.05) is 18.3 Å². The minimum atomic E-state index is -2.93. The summed E-state index contributed by atoms with van der Waals surface area (Å²) in [5.74, 6) is -0.213. The zero-order valence-electron chi connectivity index (χ0n) is 12.4. The fraction of sp³-hybridized carbons (Fsp3) is 0.846. The third-order valence-electron chi connectivity index (χ3n) is 3.17. The highest BCUT2D eigenvalue weighted by atomic mass is 32.2. The Morgan fingerprint density at radius 1 is 1.38 bits per heavy atom. The maximum absolute atomic E-state index is 12.2. The van der Waals surface area contributed by atoms with E-state index in [0.717, 1.165) is 0 Å². The van der Waals surface area contributed by atoms with Gasteiger partial charge in [-0.1, -0.05) is 13.8 Å². The third-order valence-corrected chi connectivity index (χ3v) is 6.43. The van der Waals surface area contributed by atoms with Gasteiger partial charge in [0.1, 0.15) is 0 Å². The van der Waals surface area contributed by atoms with E-state index in [4.69, 9.17) is 5.11 Å². The van der Waals surface area contributed by atoms with Gasteiger partial charge in [0.05, 0.1) is 23.7 Å². The molecule has 1 N–H and O–H groups in total. The van der Waals surface area contributed by atoms with Gasteiger partial charge in [-0.2, -0.15) is 0 Å². The van der Waals surface area contributed by atoms with Gasteiger partial charge in [-0.3, -0.25) is 9.59 Å². The molecule has 0 aromatic rings. The Bertz CT molecular complexity index is 475. The number of amides is 1. The molecule has 0 saturated carbocycles. The summed E-state index contributed by atoms with van der Waals surface area (Å²) >= 11 is 1.37. The Kier molecular flexibility index (Phi) is 6.99. The molecule has 1 aliphatic rings. The molecule has 0 radical (unpaired) electrons. The molecule has 1 aliphatic heterocycles. The third kappa shape index (κ3) is 7.17. The lowest BCUT2D eigenvalue weighted by Crippen LogP contribution is -2.37. The van der Waals surface area contributed by atoms with Crippen molar-refractivity contribution in [2.24, 2.45) is 5.92 Å². The number of carbonyl (C=O) groups excluding carboxylic acids is 1. The predicted molar refractivity (Wildman–Crippen MR) is 83.2 cm³/mol. The summed E-state index contributed by atoms with van der Waals surface area (Å²) in [6.07, 6.45) is 0.528. The molecule has 0 aromatic heterocycles. The van der Waals surface area contributed by atoms with Crippen molar-refractivity contribution >= 4 is 33.5 Å². The van der Waals surface area contributed by atoms with Gasteiger partial charge in [0.25, 0.3) is 0 Å². The van der Waals surface area contributed by atoms with E-state index in [1.807, 2.05) is 13.8 Å². The van der Waals surface area contributed by atoms with Gasteiger partial charge in [-0.25, -0.2) is 8.42 Å². The molecule has 1 saturated heterocycles. The summed E-state index contributed by atoms with van der Waals surface area (Å²) in [5, 5.41) is 8.71. The average molecular weight is 337 g/mol. The molecule has 0 bridgehead atoms. The van der Waals surface area contributed by atoms with Crippen molar-refractivity contribution < 1.29 is 23.1 Å². The molecule has 1 fully saturated rings. The van der Waals surface area contributed by atoms with Crippen molar-refractivity contribution in [2.75, 3.05) is 30.3 Å². The second kappa shape index (κ2) is 8.03. The first-order valence-corrected chi connectivity index (χ1v) is 9.88. The maximum Gasteiger partial charge on any atom is 0.305 e. The Morgan fingerprint density at radius 2 is 2.05 bits per heavy atom. The highest BCUT2D eigenvalue weighted by molar-refractivity contribution is 8.02. The number of carboxylic acids is 1.